The van der Waals surface area contributed by atoms with E-state index >= 15 is 0 Å². The number of ether oxygens (including phenoxy) is 2. The highest BCUT2D eigenvalue weighted by atomic mass is 16.5. The number of aliphatic hydroxyl groups is 1. The molecule has 0 aliphatic heterocycles. The monoisotopic (exact) mass is 326 g/mol. The molecule has 24 heavy (non-hydrogen) atoms. The lowest BCUT2D eigenvalue weighted by atomic mass is 9.97. The van der Waals surface area contributed by atoms with Crippen molar-refractivity contribution in [3.8, 4) is 5.75 Å². The van der Waals surface area contributed by atoms with Crippen LogP contribution in [-0.2, 0) is 11.3 Å². The summed E-state index contributed by atoms with van der Waals surface area (Å²) >= 11 is 0. The molecule has 0 aliphatic carbocycles. The van der Waals surface area contributed by atoms with Gasteiger partial charge in [-0.05, 0) is 35.8 Å². The number of methoxy groups -OCH3 is 1. The fourth-order valence-corrected chi connectivity index (χ4v) is 2.57. The van der Waals surface area contributed by atoms with Crippen molar-refractivity contribution in [2.45, 2.75) is 32.0 Å². The van der Waals surface area contributed by atoms with Crippen LogP contribution in [0.5, 0.6) is 5.75 Å². The second-order valence-corrected chi connectivity index (χ2v) is 5.85. The number of hydrogen-bond acceptors (Lipinski definition) is 3. The predicted octanol–water partition coefficient (Wildman–Crippen LogP) is 4.46. The second kappa shape index (κ2) is 9.26. The molecular formula is C21H26O3. The van der Waals surface area contributed by atoms with Gasteiger partial charge in [-0.25, -0.2) is 0 Å². The molecule has 0 bridgehead atoms. The molecule has 2 aromatic carbocycles. The summed E-state index contributed by atoms with van der Waals surface area (Å²) in [7, 11) is 1.65. The molecule has 3 heteroatoms. The Hall–Kier alpha value is -2.10. The zero-order valence-corrected chi connectivity index (χ0v) is 14.4. The third-order valence-corrected chi connectivity index (χ3v) is 4.01. The molecule has 0 heterocycles. The first kappa shape index (κ1) is 18.2. The maximum absolute atomic E-state index is 9.95. The Morgan fingerprint density at radius 1 is 1.04 bits per heavy atom. The van der Waals surface area contributed by atoms with Gasteiger partial charge in [0.15, 0.2) is 0 Å². The summed E-state index contributed by atoms with van der Waals surface area (Å²) in [5.41, 5.74) is 1.49. The van der Waals surface area contributed by atoms with Crippen LogP contribution in [0.3, 0.4) is 0 Å². The third-order valence-electron chi connectivity index (χ3n) is 4.01. The van der Waals surface area contributed by atoms with Gasteiger partial charge < -0.3 is 14.6 Å². The average Bonchev–Trinajstić information content (AvgIpc) is 2.65. The van der Waals surface area contributed by atoms with E-state index in [9.17, 15) is 5.11 Å². The number of rotatable bonds is 9. The fourth-order valence-electron chi connectivity index (χ4n) is 2.57. The summed E-state index contributed by atoms with van der Waals surface area (Å²) in [4.78, 5) is 0. The summed E-state index contributed by atoms with van der Waals surface area (Å²) in [5.74, 6) is 0.824. The van der Waals surface area contributed by atoms with Crippen molar-refractivity contribution >= 4 is 6.08 Å². The first-order valence-electron chi connectivity index (χ1n) is 8.33. The molecule has 0 aromatic heterocycles. The highest BCUT2D eigenvalue weighted by Crippen LogP contribution is 2.24. The van der Waals surface area contributed by atoms with E-state index in [1.165, 1.54) is 0 Å². The molecule has 2 aromatic rings. The largest absolute Gasteiger partial charge is 0.497 e. The smallest absolute Gasteiger partial charge is 0.118 e. The van der Waals surface area contributed by atoms with Crippen molar-refractivity contribution in [2.24, 2.45) is 0 Å². The van der Waals surface area contributed by atoms with E-state index in [2.05, 4.69) is 6.92 Å². The van der Waals surface area contributed by atoms with Gasteiger partial charge in [0, 0.05) is 0 Å². The molecule has 3 nitrogen and oxygen atoms in total. The van der Waals surface area contributed by atoms with E-state index in [0.717, 1.165) is 29.7 Å². The van der Waals surface area contributed by atoms with Gasteiger partial charge in [-0.1, -0.05) is 61.9 Å². The molecule has 1 atom stereocenters. The maximum Gasteiger partial charge on any atom is 0.118 e. The van der Waals surface area contributed by atoms with Gasteiger partial charge in [0.2, 0.25) is 0 Å². The Balaban J connectivity index is 2.09. The molecule has 0 radical (unpaired) electrons. The van der Waals surface area contributed by atoms with Crippen LogP contribution >= 0.6 is 0 Å². The van der Waals surface area contributed by atoms with Crippen molar-refractivity contribution in [3.63, 3.8) is 0 Å². The Kier molecular flexibility index (Phi) is 7.04. The molecule has 1 N–H and O–H groups in total. The van der Waals surface area contributed by atoms with E-state index in [1.807, 2.05) is 66.7 Å². The first-order chi connectivity index (χ1) is 11.7. The Bertz CT molecular complexity index is 619. The Morgan fingerprint density at radius 3 is 2.33 bits per heavy atom. The molecule has 0 spiro atoms. The molecule has 128 valence electrons. The third kappa shape index (κ3) is 5.22. The van der Waals surface area contributed by atoms with E-state index < -0.39 is 5.60 Å². The normalized spacial score (nSPS) is 13.8. The van der Waals surface area contributed by atoms with Crippen LogP contribution in [0.2, 0.25) is 0 Å². The topological polar surface area (TPSA) is 38.7 Å². The summed E-state index contributed by atoms with van der Waals surface area (Å²) in [6.45, 7) is 2.50. The minimum Gasteiger partial charge on any atom is -0.497 e. The van der Waals surface area contributed by atoms with Gasteiger partial charge in [-0.3, -0.25) is 0 Å². The van der Waals surface area contributed by atoms with Crippen molar-refractivity contribution in [1.82, 2.24) is 0 Å². The zero-order chi connectivity index (χ0) is 17.3. The standard InChI is InChI=1S/C21H26O3/c1-3-14-21(17-22,15-13-18-7-5-4-6-8-18)24-16-19-9-11-20(23-2)12-10-19/h4-13,15,22H,3,14,16-17H2,1-2H3/b15-13+/t21-/m1/s1. The molecule has 0 fully saturated rings. The van der Waals surface area contributed by atoms with Crippen LogP contribution in [0.25, 0.3) is 6.08 Å². The molecule has 0 saturated heterocycles. The quantitative estimate of drug-likeness (QED) is 0.739. The molecule has 2 rings (SSSR count). The van der Waals surface area contributed by atoms with Crippen molar-refractivity contribution in [2.75, 3.05) is 13.7 Å². The average molecular weight is 326 g/mol. The summed E-state index contributed by atoms with van der Waals surface area (Å²) in [5, 5.41) is 9.95. The van der Waals surface area contributed by atoms with E-state index in [-0.39, 0.29) is 6.61 Å². The van der Waals surface area contributed by atoms with Crippen molar-refractivity contribution in [1.29, 1.82) is 0 Å². The van der Waals surface area contributed by atoms with Gasteiger partial charge in [-0.15, -0.1) is 0 Å². The van der Waals surface area contributed by atoms with Crippen LogP contribution in [-0.4, -0.2) is 24.4 Å². The zero-order valence-electron chi connectivity index (χ0n) is 14.4. The second-order valence-electron chi connectivity index (χ2n) is 5.85. The minimum atomic E-state index is -0.662. The summed E-state index contributed by atoms with van der Waals surface area (Å²) in [6.07, 6.45) is 5.69. The van der Waals surface area contributed by atoms with Gasteiger partial charge >= 0.3 is 0 Å². The molecule has 0 saturated carbocycles. The van der Waals surface area contributed by atoms with Crippen molar-refractivity contribution < 1.29 is 14.6 Å². The lowest BCUT2D eigenvalue weighted by Gasteiger charge is -2.29. The van der Waals surface area contributed by atoms with E-state index in [1.54, 1.807) is 7.11 Å². The van der Waals surface area contributed by atoms with E-state index in [4.69, 9.17) is 9.47 Å². The highest BCUT2D eigenvalue weighted by Gasteiger charge is 2.26. The molecule has 0 aliphatic rings. The molecular weight excluding hydrogens is 300 g/mol. The van der Waals surface area contributed by atoms with Crippen LogP contribution in [0.1, 0.15) is 30.9 Å². The van der Waals surface area contributed by atoms with Crippen LogP contribution in [0.4, 0.5) is 0 Å². The van der Waals surface area contributed by atoms with Crippen LogP contribution < -0.4 is 4.74 Å². The lowest BCUT2D eigenvalue weighted by Crippen LogP contribution is -2.34. The Morgan fingerprint density at radius 2 is 1.75 bits per heavy atom. The van der Waals surface area contributed by atoms with Gasteiger partial charge in [0.05, 0.1) is 20.3 Å². The number of hydrogen-bond donors (Lipinski definition) is 1. The van der Waals surface area contributed by atoms with Crippen molar-refractivity contribution in [3.05, 3.63) is 71.8 Å². The highest BCUT2D eigenvalue weighted by molar-refractivity contribution is 5.50. The first-order valence-corrected chi connectivity index (χ1v) is 8.33. The van der Waals surface area contributed by atoms with E-state index in [0.29, 0.717) is 6.61 Å². The Labute approximate surface area is 144 Å². The van der Waals surface area contributed by atoms with Gasteiger partial charge in [0.1, 0.15) is 11.4 Å². The molecule has 0 unspecified atom stereocenters. The number of benzene rings is 2. The minimum absolute atomic E-state index is 0.0413. The molecule has 0 amide bonds. The predicted molar refractivity (Wildman–Crippen MR) is 98.0 cm³/mol. The maximum atomic E-state index is 9.95. The van der Waals surface area contributed by atoms with Gasteiger partial charge in [0.25, 0.3) is 0 Å². The SMILES string of the molecule is CCC[C@@](/C=C/c1ccccc1)(CO)OCc1ccc(OC)cc1. The summed E-state index contributed by atoms with van der Waals surface area (Å²) < 4.78 is 11.3. The fraction of sp³-hybridized carbons (Fsp3) is 0.333. The van der Waals surface area contributed by atoms with Crippen LogP contribution in [0.15, 0.2) is 60.7 Å². The number of aliphatic hydroxyl groups excluding tert-OH is 1. The van der Waals surface area contributed by atoms with Crippen LogP contribution in [0, 0.1) is 0 Å². The van der Waals surface area contributed by atoms with Gasteiger partial charge in [-0.2, -0.15) is 0 Å². The lowest BCUT2D eigenvalue weighted by molar-refractivity contribution is -0.0600. The summed E-state index contributed by atoms with van der Waals surface area (Å²) in [6, 6.07) is 17.8.